The quantitative estimate of drug-likeness (QED) is 0.129. The van der Waals surface area contributed by atoms with Crippen molar-refractivity contribution in [2.45, 2.75) is 27.7 Å². The van der Waals surface area contributed by atoms with Crippen LogP contribution in [0.3, 0.4) is 0 Å². The molecule has 0 N–H and O–H groups in total. The summed E-state index contributed by atoms with van der Waals surface area (Å²) in [6, 6.07) is 89.5. The lowest BCUT2D eigenvalue weighted by Gasteiger charge is -2.26. The van der Waals surface area contributed by atoms with Crippen molar-refractivity contribution in [3.63, 3.8) is 0 Å². The van der Waals surface area contributed by atoms with E-state index in [0.717, 1.165) is 95.9 Å². The molecular formula is C68H53N5. The van der Waals surface area contributed by atoms with E-state index in [9.17, 15) is 0 Å². The van der Waals surface area contributed by atoms with Gasteiger partial charge in [-0.05, 0) is 154 Å². The van der Waals surface area contributed by atoms with Gasteiger partial charge in [-0.15, -0.1) is 0 Å². The summed E-state index contributed by atoms with van der Waals surface area (Å²) in [4.78, 5) is 14.9. The first kappa shape index (κ1) is 44.9. The van der Waals surface area contributed by atoms with E-state index in [1.165, 1.54) is 33.0 Å². The molecule has 2 aromatic heterocycles. The minimum atomic E-state index is 0.717. The van der Waals surface area contributed by atoms with Crippen LogP contribution >= 0.6 is 0 Å². The van der Waals surface area contributed by atoms with Crippen LogP contribution in [0.25, 0.3) is 72.5 Å². The lowest BCUT2D eigenvalue weighted by molar-refractivity contribution is 1.18. The van der Waals surface area contributed by atoms with Crippen LogP contribution in [0, 0.1) is 27.7 Å². The number of nitrogens with zero attached hydrogens (tertiary/aromatic N) is 5. The fourth-order valence-electron chi connectivity index (χ4n) is 10.1. The summed E-state index contributed by atoms with van der Waals surface area (Å²) in [5, 5.41) is 2.33. The molecule has 12 aromatic rings. The van der Waals surface area contributed by atoms with Crippen LogP contribution in [-0.4, -0.2) is 14.5 Å². The number of fused-ring (bicyclic) bond motifs is 3. The highest BCUT2D eigenvalue weighted by molar-refractivity contribution is 6.12. The van der Waals surface area contributed by atoms with Crippen molar-refractivity contribution < 1.29 is 0 Å². The molecule has 0 radical (unpaired) electrons. The summed E-state index contributed by atoms with van der Waals surface area (Å²) in [6.45, 7) is 8.50. The normalized spacial score (nSPS) is 11.3. The molecule has 2 heterocycles. The van der Waals surface area contributed by atoms with Gasteiger partial charge in [0.15, 0.2) is 5.82 Å². The van der Waals surface area contributed by atoms with Crippen LogP contribution in [0.5, 0.6) is 0 Å². The SMILES string of the molecule is Cc1ccc(N(c2ccccc2)c2ccc3c(c2)c2cc(N(c4ccccc4)c4ccc(C)cc4)ccc2n3-c2ccc(-c3ccc(-c4cc(-c5cccc(C)c5)nc(-c5cccc(C)c5)n4)cc3)cc2)cc1. The second-order valence-corrected chi connectivity index (χ2v) is 19.1. The molecule has 0 aliphatic carbocycles. The third-order valence-electron chi connectivity index (χ3n) is 13.8. The van der Waals surface area contributed by atoms with Crippen LogP contribution in [0.4, 0.5) is 34.1 Å². The first-order valence-corrected chi connectivity index (χ1v) is 25.0. The largest absolute Gasteiger partial charge is 0.310 e. The van der Waals surface area contributed by atoms with Gasteiger partial charge >= 0.3 is 0 Å². The summed E-state index contributed by atoms with van der Waals surface area (Å²) in [6.07, 6.45) is 0. The third kappa shape index (κ3) is 8.94. The second-order valence-electron chi connectivity index (χ2n) is 19.1. The van der Waals surface area contributed by atoms with Crippen molar-refractivity contribution in [1.29, 1.82) is 0 Å². The zero-order valence-corrected chi connectivity index (χ0v) is 41.4. The van der Waals surface area contributed by atoms with Crippen LogP contribution in [0.1, 0.15) is 22.3 Å². The van der Waals surface area contributed by atoms with Crippen molar-refractivity contribution >= 4 is 55.9 Å². The molecular weight excluding hydrogens is 887 g/mol. The molecule has 0 saturated carbocycles. The minimum Gasteiger partial charge on any atom is -0.310 e. The second kappa shape index (κ2) is 19.1. The molecule has 73 heavy (non-hydrogen) atoms. The minimum absolute atomic E-state index is 0.717. The molecule has 5 heteroatoms. The number of aryl methyl sites for hydroxylation is 4. The number of benzene rings is 10. The molecule has 0 aliphatic rings. The molecule has 0 unspecified atom stereocenters. The van der Waals surface area contributed by atoms with E-state index in [0.29, 0.717) is 0 Å². The van der Waals surface area contributed by atoms with Crippen LogP contribution in [0.15, 0.2) is 249 Å². The Morgan fingerprint density at radius 3 is 1.19 bits per heavy atom. The Morgan fingerprint density at radius 1 is 0.288 bits per heavy atom. The summed E-state index contributed by atoms with van der Waals surface area (Å²) < 4.78 is 2.41. The average molecular weight is 940 g/mol. The Morgan fingerprint density at radius 2 is 0.699 bits per heavy atom. The van der Waals surface area contributed by atoms with Crippen LogP contribution < -0.4 is 9.80 Å². The zero-order chi connectivity index (χ0) is 49.4. The van der Waals surface area contributed by atoms with Crippen molar-refractivity contribution in [2.75, 3.05) is 9.80 Å². The summed E-state index contributed by atoms with van der Waals surface area (Å²) in [7, 11) is 0. The van der Waals surface area contributed by atoms with E-state index >= 15 is 0 Å². The van der Waals surface area contributed by atoms with Crippen molar-refractivity contribution in [2.24, 2.45) is 0 Å². The number of aromatic nitrogens is 3. The Labute approximate surface area is 427 Å². The standard InChI is InChI=1S/C68H53N5/c1-46-21-31-57(32-22-46)71(55-17-7-5-8-18-55)60-37-39-66-62(43-60)63-44-61(72(56-19-9-6-10-20-56)58-33-23-47(2)24-34-58)38-40-67(63)73(66)59-35-29-51(30-36-59)50-25-27-52(28-26-50)64-45-65(53-15-11-13-48(3)41-53)70-68(69-64)54-16-12-14-49(4)42-54/h5-45H,1-4H3. The lowest BCUT2D eigenvalue weighted by atomic mass is 10.0. The predicted octanol–water partition coefficient (Wildman–Crippen LogP) is 18.4. The van der Waals surface area contributed by atoms with Crippen molar-refractivity contribution in [3.8, 4) is 50.7 Å². The third-order valence-corrected chi connectivity index (χ3v) is 13.8. The number of para-hydroxylation sites is 2. The maximum Gasteiger partial charge on any atom is 0.160 e. The van der Waals surface area contributed by atoms with Crippen molar-refractivity contribution in [3.05, 3.63) is 271 Å². The van der Waals surface area contributed by atoms with Gasteiger partial charge in [0, 0.05) is 67.3 Å². The Kier molecular flexibility index (Phi) is 11.7. The number of rotatable bonds is 11. The molecule has 0 amide bonds. The monoisotopic (exact) mass is 939 g/mol. The predicted molar refractivity (Wildman–Crippen MR) is 306 cm³/mol. The fourth-order valence-corrected chi connectivity index (χ4v) is 10.1. The van der Waals surface area contributed by atoms with Gasteiger partial charge in [-0.3, -0.25) is 0 Å². The van der Waals surface area contributed by atoms with Gasteiger partial charge in [0.2, 0.25) is 0 Å². The molecule has 5 nitrogen and oxygen atoms in total. The van der Waals surface area contributed by atoms with Gasteiger partial charge in [-0.2, -0.15) is 0 Å². The zero-order valence-electron chi connectivity index (χ0n) is 41.4. The fraction of sp³-hybridized carbons (Fsp3) is 0.0588. The molecule has 0 bridgehead atoms. The first-order valence-electron chi connectivity index (χ1n) is 25.0. The van der Waals surface area contributed by atoms with Crippen LogP contribution in [-0.2, 0) is 0 Å². The molecule has 0 fully saturated rings. The Hall–Kier alpha value is -9.32. The molecule has 0 spiro atoms. The van der Waals surface area contributed by atoms with Crippen molar-refractivity contribution in [1.82, 2.24) is 14.5 Å². The highest BCUT2D eigenvalue weighted by Crippen LogP contribution is 2.43. The molecule has 12 rings (SSSR count). The topological polar surface area (TPSA) is 37.2 Å². The van der Waals surface area contributed by atoms with E-state index in [4.69, 9.17) is 9.97 Å². The molecule has 0 saturated heterocycles. The molecule has 0 atom stereocenters. The van der Waals surface area contributed by atoms with Gasteiger partial charge < -0.3 is 14.4 Å². The highest BCUT2D eigenvalue weighted by atomic mass is 15.1. The van der Waals surface area contributed by atoms with Gasteiger partial charge in [-0.1, -0.05) is 156 Å². The number of hydrogen-bond acceptors (Lipinski definition) is 4. The number of anilines is 6. The first-order chi connectivity index (χ1) is 35.8. The maximum absolute atomic E-state index is 5.13. The summed E-state index contributed by atoms with van der Waals surface area (Å²) >= 11 is 0. The van der Waals surface area contributed by atoms with E-state index in [1.54, 1.807) is 0 Å². The van der Waals surface area contributed by atoms with Gasteiger partial charge in [0.1, 0.15) is 0 Å². The van der Waals surface area contributed by atoms with Gasteiger partial charge in [-0.25, -0.2) is 9.97 Å². The Bertz CT molecular complexity index is 3710. The molecule has 0 aliphatic heterocycles. The lowest BCUT2D eigenvalue weighted by Crippen LogP contribution is -2.10. The average Bonchev–Trinajstić information content (AvgIpc) is 3.76. The van der Waals surface area contributed by atoms with E-state index in [1.807, 2.05) is 0 Å². The molecule has 350 valence electrons. The number of hydrogen-bond donors (Lipinski definition) is 0. The van der Waals surface area contributed by atoms with Gasteiger partial charge in [0.05, 0.1) is 22.4 Å². The summed E-state index contributed by atoms with van der Waals surface area (Å²) in [5.41, 5.74) is 21.9. The van der Waals surface area contributed by atoms with Crippen LogP contribution in [0.2, 0.25) is 0 Å². The Balaban J connectivity index is 0.955. The van der Waals surface area contributed by atoms with E-state index in [-0.39, 0.29) is 0 Å². The molecule has 10 aromatic carbocycles. The van der Waals surface area contributed by atoms with Gasteiger partial charge in [0.25, 0.3) is 0 Å². The van der Waals surface area contributed by atoms with E-state index < -0.39 is 0 Å². The highest BCUT2D eigenvalue weighted by Gasteiger charge is 2.21. The summed E-state index contributed by atoms with van der Waals surface area (Å²) in [5.74, 6) is 0.717. The maximum atomic E-state index is 5.13. The van der Waals surface area contributed by atoms with E-state index in [2.05, 4.69) is 291 Å². The smallest absolute Gasteiger partial charge is 0.160 e.